The van der Waals surface area contributed by atoms with E-state index in [2.05, 4.69) is 18.8 Å². The molecule has 0 unspecified atom stereocenters. The summed E-state index contributed by atoms with van der Waals surface area (Å²) in [5, 5.41) is 0.946. The van der Waals surface area contributed by atoms with E-state index in [0.29, 0.717) is 22.1 Å². The predicted octanol–water partition coefficient (Wildman–Crippen LogP) is 4.20. The number of thiazole rings is 1. The van der Waals surface area contributed by atoms with E-state index in [1.165, 1.54) is 22.3 Å². The Morgan fingerprint density at radius 1 is 1.30 bits per heavy atom. The van der Waals surface area contributed by atoms with E-state index in [0.717, 1.165) is 23.6 Å². The summed E-state index contributed by atoms with van der Waals surface area (Å²) in [6.45, 7) is 6.24. The summed E-state index contributed by atoms with van der Waals surface area (Å²) in [7, 11) is 1.64. The van der Waals surface area contributed by atoms with Gasteiger partial charge in [0.1, 0.15) is 4.88 Å². The van der Waals surface area contributed by atoms with Crippen LogP contribution in [-0.4, -0.2) is 22.8 Å². The molecule has 124 valence electrons. The van der Waals surface area contributed by atoms with Gasteiger partial charge in [-0.1, -0.05) is 19.9 Å². The van der Waals surface area contributed by atoms with Crippen molar-refractivity contribution >= 4 is 17.2 Å². The van der Waals surface area contributed by atoms with Gasteiger partial charge in [-0.3, -0.25) is 4.79 Å². The van der Waals surface area contributed by atoms with Crippen LogP contribution in [0.4, 0.5) is 8.78 Å². The Morgan fingerprint density at radius 2 is 2.00 bits per heavy atom. The van der Waals surface area contributed by atoms with E-state index < -0.39 is 11.6 Å². The SMILES string of the molecule is Cc1nc(CC(C)C)sc1C(=O)N(C)Cc1ccc(F)c(F)c1. The minimum atomic E-state index is -0.906. The van der Waals surface area contributed by atoms with Crippen LogP contribution in [0.3, 0.4) is 0 Å². The standard InChI is InChI=1S/C17H20F2N2OS/c1-10(2)7-15-20-11(3)16(23-15)17(22)21(4)9-12-5-6-13(18)14(19)8-12/h5-6,8,10H,7,9H2,1-4H3. The van der Waals surface area contributed by atoms with Gasteiger partial charge >= 0.3 is 0 Å². The van der Waals surface area contributed by atoms with E-state index in [-0.39, 0.29) is 12.5 Å². The highest BCUT2D eigenvalue weighted by Gasteiger charge is 2.19. The zero-order chi connectivity index (χ0) is 17.1. The lowest BCUT2D eigenvalue weighted by molar-refractivity contribution is 0.0788. The first kappa shape index (κ1) is 17.5. The fourth-order valence-corrected chi connectivity index (χ4v) is 3.52. The van der Waals surface area contributed by atoms with Crippen molar-refractivity contribution in [2.24, 2.45) is 5.92 Å². The van der Waals surface area contributed by atoms with Gasteiger partial charge in [-0.05, 0) is 30.5 Å². The highest BCUT2D eigenvalue weighted by atomic mass is 32.1. The molecule has 0 atom stereocenters. The number of carbonyl (C=O) groups is 1. The molecule has 0 fully saturated rings. The molecule has 1 amide bonds. The number of amides is 1. The highest BCUT2D eigenvalue weighted by molar-refractivity contribution is 7.13. The maximum absolute atomic E-state index is 13.3. The molecule has 0 saturated carbocycles. The molecular weight excluding hydrogens is 318 g/mol. The van der Waals surface area contributed by atoms with Crippen molar-refractivity contribution < 1.29 is 13.6 Å². The number of rotatable bonds is 5. The van der Waals surface area contributed by atoms with Crippen molar-refractivity contribution in [3.8, 4) is 0 Å². The molecule has 3 nitrogen and oxygen atoms in total. The molecule has 0 aliphatic rings. The van der Waals surface area contributed by atoms with Gasteiger partial charge in [0.15, 0.2) is 11.6 Å². The van der Waals surface area contributed by atoms with Crippen LogP contribution < -0.4 is 0 Å². The van der Waals surface area contributed by atoms with Crippen molar-refractivity contribution in [1.82, 2.24) is 9.88 Å². The van der Waals surface area contributed by atoms with Gasteiger partial charge in [-0.15, -0.1) is 11.3 Å². The topological polar surface area (TPSA) is 33.2 Å². The Hall–Kier alpha value is -1.82. The van der Waals surface area contributed by atoms with E-state index in [9.17, 15) is 13.6 Å². The zero-order valence-corrected chi connectivity index (χ0v) is 14.5. The molecular formula is C17H20F2N2OS. The van der Waals surface area contributed by atoms with Gasteiger partial charge in [-0.2, -0.15) is 0 Å². The molecule has 0 aliphatic carbocycles. The summed E-state index contributed by atoms with van der Waals surface area (Å²) in [4.78, 5) is 19.1. The molecule has 0 N–H and O–H groups in total. The quantitative estimate of drug-likeness (QED) is 0.818. The van der Waals surface area contributed by atoms with Crippen LogP contribution in [0.1, 0.15) is 39.8 Å². The number of hydrogen-bond donors (Lipinski definition) is 0. The van der Waals surface area contributed by atoms with Crippen LogP contribution >= 0.6 is 11.3 Å². The Bertz CT molecular complexity index is 713. The van der Waals surface area contributed by atoms with Crippen LogP contribution in [0.5, 0.6) is 0 Å². The van der Waals surface area contributed by atoms with Gasteiger partial charge in [0.05, 0.1) is 10.7 Å². The number of aromatic nitrogens is 1. The molecule has 0 bridgehead atoms. The van der Waals surface area contributed by atoms with Gasteiger partial charge in [0.25, 0.3) is 5.91 Å². The van der Waals surface area contributed by atoms with E-state index in [1.54, 1.807) is 7.05 Å². The Balaban J connectivity index is 2.13. The normalized spacial score (nSPS) is 11.1. The number of hydrogen-bond acceptors (Lipinski definition) is 3. The van der Waals surface area contributed by atoms with Gasteiger partial charge in [0, 0.05) is 20.0 Å². The van der Waals surface area contributed by atoms with Crippen molar-refractivity contribution in [1.29, 1.82) is 0 Å². The lowest BCUT2D eigenvalue weighted by Gasteiger charge is -2.16. The van der Waals surface area contributed by atoms with Crippen molar-refractivity contribution in [2.45, 2.75) is 33.7 Å². The second-order valence-corrected chi connectivity index (χ2v) is 7.11. The minimum Gasteiger partial charge on any atom is -0.337 e. The molecule has 2 rings (SSSR count). The van der Waals surface area contributed by atoms with Crippen LogP contribution in [0.15, 0.2) is 18.2 Å². The number of benzene rings is 1. The number of aryl methyl sites for hydroxylation is 1. The molecule has 1 aromatic heterocycles. The average molecular weight is 338 g/mol. The monoisotopic (exact) mass is 338 g/mol. The molecule has 0 aliphatic heterocycles. The van der Waals surface area contributed by atoms with Crippen LogP contribution in [-0.2, 0) is 13.0 Å². The summed E-state index contributed by atoms with van der Waals surface area (Å²) in [5.41, 5.74) is 1.26. The smallest absolute Gasteiger partial charge is 0.265 e. The molecule has 1 aromatic carbocycles. The molecule has 1 heterocycles. The lowest BCUT2D eigenvalue weighted by Crippen LogP contribution is -2.26. The van der Waals surface area contributed by atoms with Crippen molar-refractivity contribution in [2.75, 3.05) is 7.05 Å². The van der Waals surface area contributed by atoms with E-state index in [4.69, 9.17) is 0 Å². The Kier molecular flexibility index (Phi) is 5.46. The number of carbonyl (C=O) groups excluding carboxylic acids is 1. The highest BCUT2D eigenvalue weighted by Crippen LogP contribution is 2.23. The fourth-order valence-electron chi connectivity index (χ4n) is 2.24. The second kappa shape index (κ2) is 7.17. The van der Waals surface area contributed by atoms with Crippen LogP contribution in [0, 0.1) is 24.5 Å². The van der Waals surface area contributed by atoms with E-state index in [1.807, 2.05) is 6.92 Å². The lowest BCUT2D eigenvalue weighted by atomic mass is 10.1. The predicted molar refractivity (Wildman–Crippen MR) is 87.5 cm³/mol. The third-order valence-electron chi connectivity index (χ3n) is 3.37. The molecule has 6 heteroatoms. The summed E-state index contributed by atoms with van der Waals surface area (Å²) in [5.74, 6) is -1.47. The first-order valence-corrected chi connectivity index (χ1v) is 8.25. The first-order valence-electron chi connectivity index (χ1n) is 7.43. The molecule has 23 heavy (non-hydrogen) atoms. The second-order valence-electron chi connectivity index (χ2n) is 6.03. The molecule has 0 saturated heterocycles. The summed E-state index contributed by atoms with van der Waals surface area (Å²) >= 11 is 1.40. The Labute approximate surface area is 139 Å². The van der Waals surface area contributed by atoms with Crippen LogP contribution in [0.2, 0.25) is 0 Å². The van der Waals surface area contributed by atoms with Crippen molar-refractivity contribution in [3.05, 3.63) is 51.0 Å². The fraction of sp³-hybridized carbons (Fsp3) is 0.412. The molecule has 0 radical (unpaired) electrons. The average Bonchev–Trinajstić information content (AvgIpc) is 2.81. The largest absolute Gasteiger partial charge is 0.337 e. The number of nitrogens with zero attached hydrogens (tertiary/aromatic N) is 2. The molecule has 2 aromatic rings. The third kappa shape index (κ3) is 4.34. The zero-order valence-electron chi connectivity index (χ0n) is 13.7. The minimum absolute atomic E-state index is 0.153. The van der Waals surface area contributed by atoms with Gasteiger partial charge < -0.3 is 4.90 Å². The Morgan fingerprint density at radius 3 is 2.61 bits per heavy atom. The maximum Gasteiger partial charge on any atom is 0.265 e. The maximum atomic E-state index is 13.3. The third-order valence-corrected chi connectivity index (χ3v) is 4.54. The van der Waals surface area contributed by atoms with E-state index >= 15 is 0 Å². The van der Waals surface area contributed by atoms with Gasteiger partial charge in [0.2, 0.25) is 0 Å². The van der Waals surface area contributed by atoms with Gasteiger partial charge in [-0.25, -0.2) is 13.8 Å². The van der Waals surface area contributed by atoms with Crippen LogP contribution in [0.25, 0.3) is 0 Å². The summed E-state index contributed by atoms with van der Waals surface area (Å²) in [6.07, 6.45) is 0.839. The number of halogens is 2. The van der Waals surface area contributed by atoms with Crippen molar-refractivity contribution in [3.63, 3.8) is 0 Å². The summed E-state index contributed by atoms with van der Waals surface area (Å²) < 4.78 is 26.2. The first-order chi connectivity index (χ1) is 10.8. The summed E-state index contributed by atoms with van der Waals surface area (Å²) in [6, 6.07) is 3.66. The molecule has 0 spiro atoms.